The zero-order valence-corrected chi connectivity index (χ0v) is 23.5. The van der Waals surface area contributed by atoms with Gasteiger partial charge in [-0.3, -0.25) is 4.79 Å². The van der Waals surface area contributed by atoms with Crippen molar-refractivity contribution in [1.29, 1.82) is 0 Å². The van der Waals surface area contributed by atoms with Crippen LogP contribution in [0.15, 0.2) is 60.7 Å². The Balaban J connectivity index is 1.62. The maximum Gasteiger partial charge on any atom is 0.419 e. The number of hydrogen-bond donors (Lipinski definition) is 3. The third kappa shape index (κ3) is 6.26. The number of primary amides is 1. The van der Waals surface area contributed by atoms with Crippen molar-refractivity contribution in [3.63, 3.8) is 0 Å². The first-order valence-electron chi connectivity index (χ1n) is 12.9. The Morgan fingerprint density at radius 2 is 1.66 bits per heavy atom. The van der Waals surface area contributed by atoms with Gasteiger partial charge in [0.15, 0.2) is 6.04 Å². The van der Waals surface area contributed by atoms with E-state index >= 15 is 0 Å². The number of esters is 1. The summed E-state index contributed by atoms with van der Waals surface area (Å²) in [4.78, 5) is 51.8. The van der Waals surface area contributed by atoms with Gasteiger partial charge in [-0.15, -0.1) is 0 Å². The third-order valence-corrected chi connectivity index (χ3v) is 6.98. The number of imide groups is 1. The van der Waals surface area contributed by atoms with Crippen LogP contribution in [0.5, 0.6) is 0 Å². The number of carbonyl (C=O) groups excluding carboxylic acids is 4. The topological polar surface area (TPSA) is 134 Å². The van der Waals surface area contributed by atoms with Crippen LogP contribution in [-0.2, 0) is 27.0 Å². The van der Waals surface area contributed by atoms with Gasteiger partial charge in [-0.1, -0.05) is 18.2 Å². The van der Waals surface area contributed by atoms with Gasteiger partial charge in [0.2, 0.25) is 0 Å². The van der Waals surface area contributed by atoms with Crippen LogP contribution in [-0.4, -0.2) is 41.5 Å². The highest BCUT2D eigenvalue weighted by atomic mass is 19.4. The molecular weight excluding hydrogens is 593 g/mol. The summed E-state index contributed by atoms with van der Waals surface area (Å²) in [6.07, 6.45) is -5.06. The first-order chi connectivity index (χ1) is 20.5. The molecule has 4 rings (SSSR count). The average Bonchev–Trinajstić information content (AvgIpc) is 3.11. The number of amides is 5. The molecule has 15 heteroatoms. The monoisotopic (exact) mass is 619 g/mol. The maximum absolute atomic E-state index is 14.3. The highest BCUT2D eigenvalue weighted by molar-refractivity contribution is 6.23. The van der Waals surface area contributed by atoms with Gasteiger partial charge < -0.3 is 26.0 Å². The van der Waals surface area contributed by atoms with Crippen LogP contribution in [0.25, 0.3) is 0 Å². The fourth-order valence-electron chi connectivity index (χ4n) is 4.62. The summed E-state index contributed by atoms with van der Waals surface area (Å²) in [5, 5.41) is 5.26. The Morgan fingerprint density at radius 3 is 2.25 bits per heavy atom. The first-order valence-corrected chi connectivity index (χ1v) is 12.9. The van der Waals surface area contributed by atoms with Gasteiger partial charge in [0.25, 0.3) is 5.91 Å². The molecule has 44 heavy (non-hydrogen) atoms. The summed E-state index contributed by atoms with van der Waals surface area (Å²) in [5.74, 6) is -3.82. The van der Waals surface area contributed by atoms with E-state index in [1.165, 1.54) is 44.2 Å². The molecule has 3 aromatic rings. The standard InChI is InChI=1S/C29H26F5N5O5/c1-28(2)25(41)39(19-10-11-21(31)20(13-19)29(32,33)34)27(43)38(28)14-16-4-7-17(30)12-22(16)36-18-8-5-15(6-9-18)23(24(40)44-3)37-26(35)42/h4-13,23,36H,14H2,1-3H3,(H3,35,37,42). The molecule has 1 fully saturated rings. The van der Waals surface area contributed by atoms with Gasteiger partial charge in [-0.2, -0.15) is 13.2 Å². The number of hydrogen-bond acceptors (Lipinski definition) is 6. The van der Waals surface area contributed by atoms with Crippen LogP contribution in [0.2, 0.25) is 0 Å². The Bertz CT molecular complexity index is 1630. The average molecular weight is 620 g/mol. The van der Waals surface area contributed by atoms with Gasteiger partial charge in [-0.05, 0) is 67.4 Å². The molecule has 1 unspecified atom stereocenters. The number of nitrogens with two attached hydrogens (primary N) is 1. The van der Waals surface area contributed by atoms with Crippen molar-refractivity contribution in [3.05, 3.63) is 89.0 Å². The predicted molar refractivity (Wildman–Crippen MR) is 148 cm³/mol. The molecule has 4 N–H and O–H groups in total. The molecule has 10 nitrogen and oxygen atoms in total. The maximum atomic E-state index is 14.3. The van der Waals surface area contributed by atoms with Crippen molar-refractivity contribution in [2.75, 3.05) is 17.3 Å². The summed E-state index contributed by atoms with van der Waals surface area (Å²) >= 11 is 0. The number of urea groups is 2. The Labute approximate surface area is 247 Å². The summed E-state index contributed by atoms with van der Waals surface area (Å²) in [5.41, 5.74) is 2.76. The van der Waals surface area contributed by atoms with Gasteiger partial charge >= 0.3 is 24.2 Å². The Morgan fingerprint density at radius 1 is 1.00 bits per heavy atom. The Hall–Kier alpha value is -5.21. The number of halogens is 5. The number of nitrogens with one attached hydrogen (secondary N) is 2. The Kier molecular flexibility index (Phi) is 8.52. The summed E-state index contributed by atoms with van der Waals surface area (Å²) in [6.45, 7) is 2.53. The normalized spacial score (nSPS) is 15.3. The largest absolute Gasteiger partial charge is 0.467 e. The number of carbonyl (C=O) groups is 4. The summed E-state index contributed by atoms with van der Waals surface area (Å²) in [7, 11) is 1.14. The number of methoxy groups -OCH3 is 1. The molecule has 0 radical (unpaired) electrons. The van der Waals surface area contributed by atoms with Gasteiger partial charge in [0, 0.05) is 11.4 Å². The van der Waals surface area contributed by atoms with Gasteiger partial charge in [0.05, 0.1) is 24.9 Å². The van der Waals surface area contributed by atoms with Crippen molar-refractivity contribution in [1.82, 2.24) is 10.2 Å². The van der Waals surface area contributed by atoms with E-state index in [1.54, 1.807) is 0 Å². The second kappa shape index (κ2) is 11.8. The fourth-order valence-corrected chi connectivity index (χ4v) is 4.62. The minimum absolute atomic E-state index is 0.188. The molecule has 5 amide bonds. The molecular formula is C29H26F5N5O5. The van der Waals surface area contributed by atoms with E-state index in [1.807, 2.05) is 0 Å². The molecule has 0 bridgehead atoms. The van der Waals surface area contributed by atoms with E-state index in [4.69, 9.17) is 5.73 Å². The minimum atomic E-state index is -5.06. The van der Waals surface area contributed by atoms with Gasteiger partial charge in [-0.25, -0.2) is 28.1 Å². The molecule has 3 aromatic carbocycles. The summed E-state index contributed by atoms with van der Waals surface area (Å²) < 4.78 is 72.9. The fraction of sp³-hybridized carbons (Fsp3) is 0.241. The number of ether oxygens (including phenoxy) is 1. The second-order valence-corrected chi connectivity index (χ2v) is 10.2. The van der Waals surface area contributed by atoms with Crippen LogP contribution < -0.4 is 21.3 Å². The number of anilines is 3. The van der Waals surface area contributed by atoms with E-state index in [0.29, 0.717) is 33.8 Å². The lowest BCUT2D eigenvalue weighted by Crippen LogP contribution is -2.43. The molecule has 1 aliphatic rings. The molecule has 1 atom stereocenters. The molecule has 0 aromatic heterocycles. The van der Waals surface area contributed by atoms with Crippen molar-refractivity contribution in [3.8, 4) is 0 Å². The third-order valence-electron chi connectivity index (χ3n) is 6.98. The lowest BCUT2D eigenvalue weighted by atomic mass is 10.0. The van der Waals surface area contributed by atoms with E-state index in [-0.39, 0.29) is 12.2 Å². The zero-order chi connectivity index (χ0) is 32.6. The molecule has 0 aliphatic carbocycles. The van der Waals surface area contributed by atoms with Crippen molar-refractivity contribution < 1.29 is 45.9 Å². The van der Waals surface area contributed by atoms with Crippen LogP contribution in [0, 0.1) is 11.6 Å². The van der Waals surface area contributed by atoms with Crippen LogP contribution in [0.3, 0.4) is 0 Å². The van der Waals surface area contributed by atoms with Crippen LogP contribution in [0.4, 0.5) is 48.6 Å². The van der Waals surface area contributed by atoms with E-state index in [0.717, 1.165) is 30.2 Å². The molecule has 1 heterocycles. The minimum Gasteiger partial charge on any atom is -0.467 e. The molecule has 232 valence electrons. The lowest BCUT2D eigenvalue weighted by Gasteiger charge is -2.28. The molecule has 0 spiro atoms. The van der Waals surface area contributed by atoms with Crippen molar-refractivity contribution in [2.45, 2.75) is 38.1 Å². The summed E-state index contributed by atoms with van der Waals surface area (Å²) in [6, 6.07) is 8.36. The highest BCUT2D eigenvalue weighted by Gasteiger charge is 2.52. The number of alkyl halides is 3. The van der Waals surface area contributed by atoms with Crippen molar-refractivity contribution >= 4 is 41.0 Å². The quantitative estimate of drug-likeness (QED) is 0.177. The van der Waals surface area contributed by atoms with E-state index in [2.05, 4.69) is 15.4 Å². The second-order valence-electron chi connectivity index (χ2n) is 10.2. The first kappa shape index (κ1) is 31.7. The number of benzene rings is 3. The molecule has 1 saturated heterocycles. The predicted octanol–water partition coefficient (Wildman–Crippen LogP) is 5.36. The van der Waals surface area contributed by atoms with E-state index in [9.17, 15) is 41.1 Å². The van der Waals surface area contributed by atoms with E-state index < -0.39 is 64.6 Å². The lowest BCUT2D eigenvalue weighted by molar-refractivity contribution is -0.143. The smallest absolute Gasteiger partial charge is 0.419 e. The van der Waals surface area contributed by atoms with Crippen LogP contribution >= 0.6 is 0 Å². The SMILES string of the molecule is COC(=O)C(NC(N)=O)c1ccc(Nc2cc(F)ccc2CN2C(=O)N(c3ccc(F)c(C(F)(F)F)c3)C(=O)C2(C)C)cc1. The van der Waals surface area contributed by atoms with Gasteiger partial charge in [0.1, 0.15) is 17.2 Å². The zero-order valence-electron chi connectivity index (χ0n) is 23.5. The van der Waals surface area contributed by atoms with Crippen LogP contribution in [0.1, 0.15) is 36.6 Å². The van der Waals surface area contributed by atoms with Crippen molar-refractivity contribution in [2.24, 2.45) is 5.73 Å². The molecule has 1 aliphatic heterocycles. The number of nitrogens with zero attached hydrogens (tertiary/aromatic N) is 2. The highest BCUT2D eigenvalue weighted by Crippen LogP contribution is 2.38. The number of rotatable bonds is 8. The molecule has 0 saturated carbocycles.